The van der Waals surface area contributed by atoms with Crippen LogP contribution in [0.5, 0.6) is 0 Å². The number of anilines is 1. The van der Waals surface area contributed by atoms with Gasteiger partial charge in [-0.15, -0.1) is 24.0 Å². The molecule has 1 aromatic carbocycles. The van der Waals surface area contributed by atoms with Crippen LogP contribution in [0, 0.1) is 0 Å². The molecule has 28 heavy (non-hydrogen) atoms. The summed E-state index contributed by atoms with van der Waals surface area (Å²) in [6.45, 7) is 5.33. The Balaban J connectivity index is 0.00000280. The second-order valence-corrected chi connectivity index (χ2v) is 6.98. The number of benzene rings is 1. The molecule has 1 saturated heterocycles. The van der Waals surface area contributed by atoms with Crippen LogP contribution >= 0.6 is 24.0 Å². The summed E-state index contributed by atoms with van der Waals surface area (Å²) in [6.07, 6.45) is 3.58. The zero-order valence-electron chi connectivity index (χ0n) is 16.9. The van der Waals surface area contributed by atoms with E-state index < -0.39 is 0 Å². The molecule has 1 aromatic heterocycles. The van der Waals surface area contributed by atoms with Crippen molar-refractivity contribution in [3.05, 3.63) is 53.9 Å². The first kappa shape index (κ1) is 22.4. The quantitative estimate of drug-likeness (QED) is 0.390. The molecule has 8 heteroatoms. The Morgan fingerprint density at radius 3 is 2.21 bits per heavy atom. The second kappa shape index (κ2) is 11.2. The molecule has 2 heterocycles. The van der Waals surface area contributed by atoms with Gasteiger partial charge < -0.3 is 20.0 Å². The minimum Gasteiger partial charge on any atom is -0.352 e. The first-order valence-corrected chi connectivity index (χ1v) is 9.36. The molecule has 0 saturated carbocycles. The fourth-order valence-corrected chi connectivity index (χ4v) is 3.21. The smallest absolute Gasteiger partial charge is 0.225 e. The number of hydrogen-bond donors (Lipinski definition) is 1. The lowest BCUT2D eigenvalue weighted by Gasteiger charge is -2.36. The van der Waals surface area contributed by atoms with E-state index in [0.717, 1.165) is 51.2 Å². The molecule has 152 valence electrons. The Morgan fingerprint density at radius 1 is 1.04 bits per heavy atom. The number of halogens is 1. The highest BCUT2D eigenvalue weighted by molar-refractivity contribution is 14.0. The number of aliphatic imine (C=N–C) groups is 1. The number of piperazine rings is 1. The van der Waals surface area contributed by atoms with Crippen molar-refractivity contribution in [3.8, 4) is 0 Å². The van der Waals surface area contributed by atoms with Gasteiger partial charge in [-0.3, -0.25) is 4.99 Å². The Labute approximate surface area is 184 Å². The van der Waals surface area contributed by atoms with Crippen LogP contribution in [0.25, 0.3) is 0 Å². The predicted molar refractivity (Wildman–Crippen MR) is 125 cm³/mol. The number of nitrogens with zero attached hydrogens (tertiary/aromatic N) is 6. The van der Waals surface area contributed by atoms with Gasteiger partial charge in [0.25, 0.3) is 0 Å². The second-order valence-electron chi connectivity index (χ2n) is 6.98. The summed E-state index contributed by atoms with van der Waals surface area (Å²) < 4.78 is 0. The van der Waals surface area contributed by atoms with E-state index in [-0.39, 0.29) is 24.0 Å². The lowest BCUT2D eigenvalue weighted by molar-refractivity contribution is 0.370. The average Bonchev–Trinajstić information content (AvgIpc) is 2.70. The van der Waals surface area contributed by atoms with Crippen molar-refractivity contribution in [1.82, 2.24) is 25.1 Å². The number of nitrogens with one attached hydrogen (secondary N) is 1. The third-order valence-corrected chi connectivity index (χ3v) is 4.60. The van der Waals surface area contributed by atoms with Gasteiger partial charge in [-0.05, 0) is 31.3 Å². The van der Waals surface area contributed by atoms with Gasteiger partial charge in [-0.2, -0.15) is 0 Å². The fourth-order valence-electron chi connectivity index (χ4n) is 3.21. The highest BCUT2D eigenvalue weighted by Crippen LogP contribution is 2.10. The zero-order chi connectivity index (χ0) is 19.1. The number of aromatic nitrogens is 2. The molecule has 0 spiro atoms. The van der Waals surface area contributed by atoms with E-state index in [1.165, 1.54) is 11.1 Å². The molecule has 0 aliphatic carbocycles. The van der Waals surface area contributed by atoms with Crippen molar-refractivity contribution < 1.29 is 0 Å². The van der Waals surface area contributed by atoms with Gasteiger partial charge in [0.05, 0.1) is 0 Å². The molecule has 3 rings (SSSR count). The van der Waals surface area contributed by atoms with Crippen LogP contribution in [0.15, 0.2) is 47.7 Å². The topological polar surface area (TPSA) is 59.9 Å². The van der Waals surface area contributed by atoms with Crippen molar-refractivity contribution in [2.45, 2.75) is 13.1 Å². The Morgan fingerprint density at radius 2 is 1.64 bits per heavy atom. The van der Waals surface area contributed by atoms with Gasteiger partial charge in [0, 0.05) is 58.7 Å². The molecule has 1 N–H and O–H groups in total. The summed E-state index contributed by atoms with van der Waals surface area (Å²) in [5, 5.41) is 3.49. The van der Waals surface area contributed by atoms with Gasteiger partial charge in [-0.25, -0.2) is 9.97 Å². The minimum atomic E-state index is 0. The van der Waals surface area contributed by atoms with Crippen LogP contribution in [0.2, 0.25) is 0 Å². The number of rotatable bonds is 5. The van der Waals surface area contributed by atoms with Crippen molar-refractivity contribution in [3.63, 3.8) is 0 Å². The van der Waals surface area contributed by atoms with Gasteiger partial charge in [0.15, 0.2) is 5.96 Å². The predicted octanol–water partition coefficient (Wildman–Crippen LogP) is 2.05. The lowest BCUT2D eigenvalue weighted by Crippen LogP contribution is -2.52. The first-order valence-electron chi connectivity index (χ1n) is 9.36. The fraction of sp³-hybridized carbons (Fsp3) is 0.450. The number of guanidine groups is 1. The van der Waals surface area contributed by atoms with Crippen molar-refractivity contribution in [2.75, 3.05) is 52.2 Å². The van der Waals surface area contributed by atoms with Crippen LogP contribution in [0.1, 0.15) is 11.1 Å². The standard InChI is InChI=1S/C20H29N7.HI/c1-21-19(24-15-17-5-7-18(8-6-17)16-25(2)3)26-11-13-27(14-12-26)20-22-9-4-10-23-20;/h4-10H,11-16H2,1-3H3,(H,21,24);1H. The van der Waals surface area contributed by atoms with Crippen molar-refractivity contribution >= 4 is 35.9 Å². The van der Waals surface area contributed by atoms with Gasteiger partial charge >= 0.3 is 0 Å². The molecule has 0 bridgehead atoms. The van der Waals surface area contributed by atoms with E-state index in [1.54, 1.807) is 12.4 Å². The van der Waals surface area contributed by atoms with Crippen molar-refractivity contribution in [2.24, 2.45) is 4.99 Å². The van der Waals surface area contributed by atoms with Crippen molar-refractivity contribution in [1.29, 1.82) is 0 Å². The highest BCUT2D eigenvalue weighted by Gasteiger charge is 2.20. The molecule has 0 radical (unpaired) electrons. The normalized spacial score (nSPS) is 14.8. The largest absolute Gasteiger partial charge is 0.352 e. The van der Waals surface area contributed by atoms with Crippen LogP contribution < -0.4 is 10.2 Å². The summed E-state index contributed by atoms with van der Waals surface area (Å²) in [5.41, 5.74) is 2.59. The molecule has 0 atom stereocenters. The van der Waals surface area contributed by atoms with Crippen LogP contribution in [-0.4, -0.2) is 73.0 Å². The monoisotopic (exact) mass is 495 g/mol. The van der Waals surface area contributed by atoms with Crippen LogP contribution in [-0.2, 0) is 13.1 Å². The average molecular weight is 495 g/mol. The maximum atomic E-state index is 4.46. The van der Waals surface area contributed by atoms with E-state index in [4.69, 9.17) is 0 Å². The van der Waals surface area contributed by atoms with Gasteiger partial charge in [0.2, 0.25) is 5.95 Å². The molecular weight excluding hydrogens is 465 g/mol. The molecule has 1 aliphatic heterocycles. The first-order chi connectivity index (χ1) is 13.2. The summed E-state index contributed by atoms with van der Waals surface area (Å²) in [6, 6.07) is 10.6. The summed E-state index contributed by atoms with van der Waals surface area (Å²) in [7, 11) is 6.02. The minimum absolute atomic E-state index is 0. The maximum Gasteiger partial charge on any atom is 0.225 e. The number of hydrogen-bond acceptors (Lipinski definition) is 5. The zero-order valence-corrected chi connectivity index (χ0v) is 19.2. The SMILES string of the molecule is CN=C(NCc1ccc(CN(C)C)cc1)N1CCN(c2ncccn2)CC1.I. The summed E-state index contributed by atoms with van der Waals surface area (Å²) in [4.78, 5) is 19.8. The summed E-state index contributed by atoms with van der Waals surface area (Å²) >= 11 is 0. The van der Waals surface area contributed by atoms with Crippen LogP contribution in [0.4, 0.5) is 5.95 Å². The highest BCUT2D eigenvalue weighted by atomic mass is 127. The van der Waals surface area contributed by atoms with Gasteiger partial charge in [-0.1, -0.05) is 24.3 Å². The van der Waals surface area contributed by atoms with E-state index in [0.29, 0.717) is 0 Å². The van der Waals surface area contributed by atoms with E-state index >= 15 is 0 Å². The Kier molecular flexibility index (Phi) is 8.91. The summed E-state index contributed by atoms with van der Waals surface area (Å²) in [5.74, 6) is 1.75. The molecular formula is C20H30IN7. The Hall–Kier alpha value is -1.94. The van der Waals surface area contributed by atoms with Gasteiger partial charge in [0.1, 0.15) is 0 Å². The lowest BCUT2D eigenvalue weighted by atomic mass is 10.1. The molecule has 7 nitrogen and oxygen atoms in total. The molecule has 0 amide bonds. The van der Waals surface area contributed by atoms with E-state index in [1.807, 2.05) is 13.1 Å². The molecule has 2 aromatic rings. The van der Waals surface area contributed by atoms with E-state index in [2.05, 4.69) is 73.3 Å². The molecule has 0 unspecified atom stereocenters. The maximum absolute atomic E-state index is 4.46. The third kappa shape index (κ3) is 6.30. The molecule has 1 fully saturated rings. The third-order valence-electron chi connectivity index (χ3n) is 4.60. The van der Waals surface area contributed by atoms with Crippen LogP contribution in [0.3, 0.4) is 0 Å². The Bertz CT molecular complexity index is 726. The molecule has 1 aliphatic rings. The van der Waals surface area contributed by atoms with E-state index in [9.17, 15) is 0 Å².